The molecule has 2 rings (SSSR count). The van der Waals surface area contributed by atoms with Gasteiger partial charge in [-0.25, -0.2) is 0 Å². The Bertz CT molecular complexity index is 626. The number of nitro groups is 1. The van der Waals surface area contributed by atoms with Crippen LogP contribution in [0.3, 0.4) is 0 Å². The van der Waals surface area contributed by atoms with Crippen molar-refractivity contribution < 1.29 is 4.92 Å². The minimum absolute atomic E-state index is 0.0356. The van der Waals surface area contributed by atoms with E-state index in [1.54, 1.807) is 18.2 Å². The fourth-order valence-corrected chi connectivity index (χ4v) is 2.13. The predicted octanol–water partition coefficient (Wildman–Crippen LogP) is 3.33. The van der Waals surface area contributed by atoms with Gasteiger partial charge in [0.25, 0.3) is 5.69 Å². The maximum absolute atomic E-state index is 11.1. The van der Waals surface area contributed by atoms with Crippen LogP contribution in [0, 0.1) is 10.1 Å². The molecule has 5 heteroatoms. The number of hydrogen-bond acceptors (Lipinski definition) is 3. The highest BCUT2D eigenvalue weighted by Crippen LogP contribution is 2.19. The number of benzene rings is 1. The molecule has 5 nitrogen and oxygen atoms in total. The van der Waals surface area contributed by atoms with Gasteiger partial charge in [-0.2, -0.15) is 0 Å². The van der Waals surface area contributed by atoms with Gasteiger partial charge in [0.1, 0.15) is 0 Å². The maximum atomic E-state index is 11.1. The van der Waals surface area contributed by atoms with Gasteiger partial charge in [0, 0.05) is 35.6 Å². The number of nitrogens with zero attached hydrogens (tertiary/aromatic N) is 2. The highest BCUT2D eigenvalue weighted by Gasteiger charge is 2.14. The van der Waals surface area contributed by atoms with Crippen molar-refractivity contribution in [2.24, 2.45) is 0 Å². The van der Waals surface area contributed by atoms with Crippen molar-refractivity contribution in [2.75, 3.05) is 0 Å². The van der Waals surface area contributed by atoms with Crippen LogP contribution in [0.5, 0.6) is 0 Å². The zero-order valence-electron chi connectivity index (χ0n) is 12.7. The van der Waals surface area contributed by atoms with Crippen LogP contribution in [-0.2, 0) is 13.1 Å². The third-order valence-electron chi connectivity index (χ3n) is 3.25. The molecule has 0 aliphatic rings. The Hall–Kier alpha value is -2.14. The molecular formula is C16H21N3O2. The fraction of sp³-hybridized carbons (Fsp3) is 0.375. The van der Waals surface area contributed by atoms with Crippen LogP contribution in [0.1, 0.15) is 32.0 Å². The van der Waals surface area contributed by atoms with Crippen molar-refractivity contribution in [3.63, 3.8) is 0 Å². The standard InChI is InChI=1S/C16H21N3O2/c1-16(2,3)17-11-14-8-6-10-18(14)12-13-7-4-5-9-15(13)19(20)21/h4-10,17H,11-12H2,1-3H3. The molecule has 0 atom stereocenters. The number of hydrogen-bond donors (Lipinski definition) is 1. The number of rotatable bonds is 5. The van der Waals surface area contributed by atoms with Gasteiger partial charge in [-0.15, -0.1) is 0 Å². The Balaban J connectivity index is 2.18. The summed E-state index contributed by atoms with van der Waals surface area (Å²) < 4.78 is 2.04. The Morgan fingerprint density at radius 2 is 1.90 bits per heavy atom. The van der Waals surface area contributed by atoms with E-state index in [-0.39, 0.29) is 16.1 Å². The van der Waals surface area contributed by atoms with Gasteiger partial charge in [-0.05, 0) is 32.9 Å². The smallest absolute Gasteiger partial charge is 0.274 e. The molecule has 0 unspecified atom stereocenters. The highest BCUT2D eigenvalue weighted by molar-refractivity contribution is 5.40. The molecule has 0 fully saturated rings. The SMILES string of the molecule is CC(C)(C)NCc1cccn1Cc1ccccc1[N+](=O)[O-]. The van der Waals surface area contributed by atoms with Crippen LogP contribution in [-0.4, -0.2) is 15.0 Å². The number of para-hydroxylation sites is 1. The minimum Gasteiger partial charge on any atom is -0.346 e. The van der Waals surface area contributed by atoms with Crippen molar-refractivity contribution in [2.45, 2.75) is 39.4 Å². The highest BCUT2D eigenvalue weighted by atomic mass is 16.6. The van der Waals surface area contributed by atoms with E-state index < -0.39 is 0 Å². The molecule has 0 radical (unpaired) electrons. The minimum atomic E-state index is -0.327. The Morgan fingerprint density at radius 1 is 1.19 bits per heavy atom. The molecule has 0 bridgehead atoms. The zero-order chi connectivity index (χ0) is 15.5. The first kappa shape index (κ1) is 15.3. The predicted molar refractivity (Wildman–Crippen MR) is 83.2 cm³/mol. The molecule has 2 aromatic rings. The van der Waals surface area contributed by atoms with Crippen LogP contribution in [0.4, 0.5) is 5.69 Å². The lowest BCUT2D eigenvalue weighted by molar-refractivity contribution is -0.385. The normalized spacial score (nSPS) is 11.6. The average Bonchev–Trinajstić information content (AvgIpc) is 2.83. The molecule has 0 saturated heterocycles. The van der Waals surface area contributed by atoms with E-state index >= 15 is 0 Å². The Kier molecular flexibility index (Phi) is 4.43. The summed E-state index contributed by atoms with van der Waals surface area (Å²) in [5.41, 5.74) is 2.04. The van der Waals surface area contributed by atoms with Crippen LogP contribution in [0.15, 0.2) is 42.6 Å². The Labute approximate surface area is 124 Å². The van der Waals surface area contributed by atoms with Crippen LogP contribution < -0.4 is 5.32 Å². The molecule has 0 amide bonds. The summed E-state index contributed by atoms with van der Waals surface area (Å²) in [6.45, 7) is 7.58. The van der Waals surface area contributed by atoms with E-state index in [4.69, 9.17) is 0 Å². The first-order valence-electron chi connectivity index (χ1n) is 6.98. The maximum Gasteiger partial charge on any atom is 0.274 e. The first-order chi connectivity index (χ1) is 9.87. The number of nitrogens with one attached hydrogen (secondary N) is 1. The zero-order valence-corrected chi connectivity index (χ0v) is 12.7. The lowest BCUT2D eigenvalue weighted by atomic mass is 10.1. The first-order valence-corrected chi connectivity index (χ1v) is 6.98. The van der Waals surface area contributed by atoms with Crippen molar-refractivity contribution in [3.8, 4) is 0 Å². The van der Waals surface area contributed by atoms with E-state index in [0.717, 1.165) is 17.8 Å². The summed E-state index contributed by atoms with van der Waals surface area (Å²) in [6, 6.07) is 10.9. The molecule has 1 aromatic carbocycles. The van der Waals surface area contributed by atoms with Crippen molar-refractivity contribution in [1.29, 1.82) is 0 Å². The fourth-order valence-electron chi connectivity index (χ4n) is 2.13. The van der Waals surface area contributed by atoms with Crippen molar-refractivity contribution >= 4 is 5.69 Å². The third kappa shape index (κ3) is 4.16. The second-order valence-electron chi connectivity index (χ2n) is 6.12. The van der Waals surface area contributed by atoms with E-state index in [9.17, 15) is 10.1 Å². The number of nitro benzene ring substituents is 1. The summed E-state index contributed by atoms with van der Waals surface area (Å²) >= 11 is 0. The third-order valence-corrected chi connectivity index (χ3v) is 3.25. The van der Waals surface area contributed by atoms with Gasteiger partial charge in [0.2, 0.25) is 0 Å². The van der Waals surface area contributed by atoms with Gasteiger partial charge in [-0.1, -0.05) is 18.2 Å². The quantitative estimate of drug-likeness (QED) is 0.677. The van der Waals surface area contributed by atoms with Crippen molar-refractivity contribution in [1.82, 2.24) is 9.88 Å². The van der Waals surface area contributed by atoms with Gasteiger partial charge >= 0.3 is 0 Å². The molecule has 0 spiro atoms. The van der Waals surface area contributed by atoms with Crippen molar-refractivity contribution in [3.05, 3.63) is 64.0 Å². The summed E-state index contributed by atoms with van der Waals surface area (Å²) in [6.07, 6.45) is 1.95. The molecule has 1 N–H and O–H groups in total. The largest absolute Gasteiger partial charge is 0.346 e. The second kappa shape index (κ2) is 6.10. The lowest BCUT2D eigenvalue weighted by Crippen LogP contribution is -2.35. The molecule has 112 valence electrons. The van der Waals surface area contributed by atoms with Gasteiger partial charge < -0.3 is 9.88 Å². The molecular weight excluding hydrogens is 266 g/mol. The summed E-state index contributed by atoms with van der Waals surface area (Å²) in [5, 5.41) is 14.5. The lowest BCUT2D eigenvalue weighted by Gasteiger charge is -2.21. The van der Waals surface area contributed by atoms with Gasteiger partial charge in [0.15, 0.2) is 0 Å². The molecule has 21 heavy (non-hydrogen) atoms. The summed E-state index contributed by atoms with van der Waals surface area (Å²) in [7, 11) is 0. The second-order valence-corrected chi connectivity index (χ2v) is 6.12. The van der Waals surface area contributed by atoms with Crippen LogP contribution in [0.2, 0.25) is 0 Å². The van der Waals surface area contributed by atoms with E-state index in [0.29, 0.717) is 6.54 Å². The van der Waals surface area contributed by atoms with Gasteiger partial charge in [0.05, 0.1) is 11.5 Å². The van der Waals surface area contributed by atoms with E-state index in [1.165, 1.54) is 0 Å². The van der Waals surface area contributed by atoms with E-state index in [2.05, 4.69) is 26.1 Å². The molecule has 0 aliphatic heterocycles. The summed E-state index contributed by atoms with van der Waals surface area (Å²) in [4.78, 5) is 10.7. The molecule has 1 aromatic heterocycles. The monoisotopic (exact) mass is 287 g/mol. The Morgan fingerprint density at radius 3 is 2.57 bits per heavy atom. The number of aromatic nitrogens is 1. The van der Waals surface area contributed by atoms with Crippen LogP contribution >= 0.6 is 0 Å². The molecule has 1 heterocycles. The van der Waals surface area contributed by atoms with Gasteiger partial charge in [-0.3, -0.25) is 10.1 Å². The van der Waals surface area contributed by atoms with E-state index in [1.807, 2.05) is 29.0 Å². The summed E-state index contributed by atoms with van der Waals surface area (Å²) in [5.74, 6) is 0. The van der Waals surface area contributed by atoms with Crippen LogP contribution in [0.25, 0.3) is 0 Å². The topological polar surface area (TPSA) is 60.1 Å². The molecule has 0 saturated carbocycles. The molecule has 0 aliphatic carbocycles. The average molecular weight is 287 g/mol.